The Labute approximate surface area is 126 Å². The number of carbonyl (C=O) groups excluding carboxylic acids is 1. The summed E-state index contributed by atoms with van der Waals surface area (Å²) in [6.45, 7) is 0. The lowest BCUT2D eigenvalue weighted by atomic mass is 10.1. The van der Waals surface area contributed by atoms with E-state index in [2.05, 4.69) is 5.32 Å². The first-order valence-electron chi connectivity index (χ1n) is 5.76. The summed E-state index contributed by atoms with van der Waals surface area (Å²) >= 11 is 5.82. The van der Waals surface area contributed by atoms with E-state index in [9.17, 15) is 13.2 Å². The molecule has 6 nitrogen and oxygen atoms in total. The van der Waals surface area contributed by atoms with E-state index in [1.165, 1.54) is 36.4 Å². The Bertz CT molecular complexity index is 806. The second-order valence-corrected chi connectivity index (χ2v) is 6.26. The Kier molecular flexibility index (Phi) is 4.17. The molecule has 0 aliphatic heterocycles. The van der Waals surface area contributed by atoms with Crippen molar-refractivity contribution in [1.29, 1.82) is 0 Å². The van der Waals surface area contributed by atoms with Crippen molar-refractivity contribution < 1.29 is 13.2 Å². The van der Waals surface area contributed by atoms with Crippen molar-refractivity contribution in [3.8, 4) is 0 Å². The van der Waals surface area contributed by atoms with Crippen LogP contribution in [0, 0.1) is 0 Å². The fourth-order valence-electron chi connectivity index (χ4n) is 1.67. The largest absolute Gasteiger partial charge is 0.398 e. The van der Waals surface area contributed by atoms with Crippen molar-refractivity contribution in [2.75, 3.05) is 11.1 Å². The molecular weight excluding hydrogens is 314 g/mol. The van der Waals surface area contributed by atoms with Gasteiger partial charge in [0.15, 0.2) is 0 Å². The lowest BCUT2D eigenvalue weighted by Gasteiger charge is -2.09. The topological polar surface area (TPSA) is 115 Å². The first-order chi connectivity index (χ1) is 9.77. The number of nitrogen functional groups attached to an aromatic ring is 1. The number of hydrogen-bond donors (Lipinski definition) is 3. The van der Waals surface area contributed by atoms with Gasteiger partial charge in [-0.1, -0.05) is 17.7 Å². The number of primary sulfonamides is 1. The Morgan fingerprint density at radius 1 is 1.14 bits per heavy atom. The quantitative estimate of drug-likeness (QED) is 0.746. The van der Waals surface area contributed by atoms with Gasteiger partial charge in [-0.25, -0.2) is 13.6 Å². The number of carbonyl (C=O) groups is 1. The minimum atomic E-state index is -3.84. The van der Waals surface area contributed by atoms with Gasteiger partial charge in [0.2, 0.25) is 10.0 Å². The van der Waals surface area contributed by atoms with Crippen molar-refractivity contribution in [3.63, 3.8) is 0 Å². The molecule has 0 heterocycles. The molecule has 110 valence electrons. The molecule has 0 fully saturated rings. The van der Waals surface area contributed by atoms with E-state index in [1.54, 1.807) is 6.07 Å². The molecule has 0 unspecified atom stereocenters. The van der Waals surface area contributed by atoms with E-state index in [1.807, 2.05) is 0 Å². The van der Waals surface area contributed by atoms with Crippen molar-refractivity contribution in [1.82, 2.24) is 0 Å². The predicted molar refractivity (Wildman–Crippen MR) is 81.6 cm³/mol. The molecule has 21 heavy (non-hydrogen) atoms. The van der Waals surface area contributed by atoms with Gasteiger partial charge in [0.1, 0.15) is 0 Å². The fourth-order valence-corrected chi connectivity index (χ4v) is 2.41. The number of nitrogens with two attached hydrogens (primary N) is 2. The lowest BCUT2D eigenvalue weighted by molar-refractivity contribution is 0.102. The van der Waals surface area contributed by atoms with E-state index in [-0.39, 0.29) is 21.8 Å². The van der Waals surface area contributed by atoms with Gasteiger partial charge in [-0.05, 0) is 36.4 Å². The molecule has 0 aromatic heterocycles. The fraction of sp³-hybridized carbons (Fsp3) is 0. The summed E-state index contributed by atoms with van der Waals surface area (Å²) in [5.74, 6) is -0.499. The average Bonchev–Trinajstić information content (AvgIpc) is 2.41. The Hall–Kier alpha value is -2.09. The third kappa shape index (κ3) is 3.72. The van der Waals surface area contributed by atoms with Crippen LogP contribution in [0.5, 0.6) is 0 Å². The van der Waals surface area contributed by atoms with Crippen molar-refractivity contribution >= 4 is 38.9 Å². The summed E-state index contributed by atoms with van der Waals surface area (Å²) in [4.78, 5) is 12.0. The minimum Gasteiger partial charge on any atom is -0.398 e. The Morgan fingerprint density at radius 3 is 2.52 bits per heavy atom. The van der Waals surface area contributed by atoms with E-state index in [0.29, 0.717) is 5.02 Å². The number of nitrogens with one attached hydrogen (secondary N) is 1. The molecular formula is C13H12ClN3O3S. The molecule has 0 aliphatic rings. The van der Waals surface area contributed by atoms with Crippen LogP contribution in [0.3, 0.4) is 0 Å². The van der Waals surface area contributed by atoms with Gasteiger partial charge in [0, 0.05) is 16.4 Å². The molecule has 8 heteroatoms. The van der Waals surface area contributed by atoms with Crippen LogP contribution in [-0.2, 0) is 10.0 Å². The van der Waals surface area contributed by atoms with Gasteiger partial charge in [-0.3, -0.25) is 4.79 Å². The van der Waals surface area contributed by atoms with Gasteiger partial charge in [-0.15, -0.1) is 0 Å². The van der Waals surface area contributed by atoms with Crippen LogP contribution < -0.4 is 16.2 Å². The Balaban J connectivity index is 2.30. The second kappa shape index (κ2) is 5.72. The summed E-state index contributed by atoms with van der Waals surface area (Å²) in [5.41, 5.74) is 6.45. The monoisotopic (exact) mass is 325 g/mol. The molecule has 0 spiro atoms. The van der Waals surface area contributed by atoms with E-state index >= 15 is 0 Å². The van der Waals surface area contributed by atoms with Crippen molar-refractivity contribution in [2.45, 2.75) is 4.90 Å². The summed E-state index contributed by atoms with van der Waals surface area (Å²) in [6, 6.07) is 10.1. The third-order valence-electron chi connectivity index (χ3n) is 2.68. The molecule has 0 saturated heterocycles. The van der Waals surface area contributed by atoms with Crippen LogP contribution in [0.4, 0.5) is 11.4 Å². The maximum atomic E-state index is 12.1. The number of halogens is 1. The highest BCUT2D eigenvalue weighted by atomic mass is 35.5. The molecule has 2 rings (SSSR count). The maximum absolute atomic E-state index is 12.1. The number of sulfonamides is 1. The van der Waals surface area contributed by atoms with Crippen molar-refractivity contribution in [2.24, 2.45) is 5.14 Å². The summed E-state index contributed by atoms with van der Waals surface area (Å²) < 4.78 is 22.5. The molecule has 2 aromatic rings. The lowest BCUT2D eigenvalue weighted by Crippen LogP contribution is -2.16. The molecule has 0 bridgehead atoms. The first-order valence-corrected chi connectivity index (χ1v) is 7.69. The molecule has 0 atom stereocenters. The zero-order valence-corrected chi connectivity index (χ0v) is 12.3. The number of rotatable bonds is 3. The predicted octanol–water partition coefficient (Wildman–Crippen LogP) is 1.82. The summed E-state index contributed by atoms with van der Waals surface area (Å²) in [7, 11) is -3.84. The SMILES string of the molecule is Nc1ccc(Cl)cc1C(=O)Nc1cccc(S(N)(=O)=O)c1. The molecule has 0 aliphatic carbocycles. The molecule has 1 amide bonds. The van der Waals surface area contributed by atoms with Crippen LogP contribution in [-0.4, -0.2) is 14.3 Å². The maximum Gasteiger partial charge on any atom is 0.257 e. The second-order valence-electron chi connectivity index (χ2n) is 4.26. The van der Waals surface area contributed by atoms with E-state index < -0.39 is 15.9 Å². The third-order valence-corrected chi connectivity index (χ3v) is 3.83. The zero-order chi connectivity index (χ0) is 15.6. The molecule has 5 N–H and O–H groups in total. The molecule has 0 radical (unpaired) electrons. The highest BCUT2D eigenvalue weighted by molar-refractivity contribution is 7.89. The summed E-state index contributed by atoms with van der Waals surface area (Å²) in [5, 5.41) is 7.94. The van der Waals surface area contributed by atoms with Gasteiger partial charge in [0.05, 0.1) is 10.5 Å². The molecule has 2 aromatic carbocycles. The highest BCUT2D eigenvalue weighted by Gasteiger charge is 2.13. The normalized spacial score (nSPS) is 11.1. The van der Waals surface area contributed by atoms with Crippen LogP contribution in [0.25, 0.3) is 0 Å². The standard InChI is InChI=1S/C13H12ClN3O3S/c14-8-4-5-12(15)11(6-8)13(18)17-9-2-1-3-10(7-9)21(16,19)20/h1-7H,15H2,(H,17,18)(H2,16,19,20). The zero-order valence-electron chi connectivity index (χ0n) is 10.7. The van der Waals surface area contributed by atoms with Crippen LogP contribution in [0.2, 0.25) is 5.02 Å². The summed E-state index contributed by atoms with van der Waals surface area (Å²) in [6.07, 6.45) is 0. The Morgan fingerprint density at radius 2 is 1.86 bits per heavy atom. The van der Waals surface area contributed by atoms with Crippen LogP contribution in [0.1, 0.15) is 10.4 Å². The van der Waals surface area contributed by atoms with Gasteiger partial charge in [-0.2, -0.15) is 0 Å². The number of hydrogen-bond acceptors (Lipinski definition) is 4. The minimum absolute atomic E-state index is 0.0978. The average molecular weight is 326 g/mol. The first kappa shape index (κ1) is 15.3. The smallest absolute Gasteiger partial charge is 0.257 e. The van der Waals surface area contributed by atoms with E-state index in [0.717, 1.165) is 0 Å². The number of anilines is 2. The number of benzene rings is 2. The number of amides is 1. The van der Waals surface area contributed by atoms with Crippen LogP contribution >= 0.6 is 11.6 Å². The van der Waals surface area contributed by atoms with Gasteiger partial charge in [0.25, 0.3) is 5.91 Å². The van der Waals surface area contributed by atoms with Crippen LogP contribution in [0.15, 0.2) is 47.4 Å². The van der Waals surface area contributed by atoms with Crippen molar-refractivity contribution in [3.05, 3.63) is 53.1 Å². The van der Waals surface area contributed by atoms with Gasteiger partial charge >= 0.3 is 0 Å². The highest BCUT2D eigenvalue weighted by Crippen LogP contribution is 2.20. The molecule has 0 saturated carbocycles. The van der Waals surface area contributed by atoms with E-state index in [4.69, 9.17) is 22.5 Å². The van der Waals surface area contributed by atoms with Gasteiger partial charge < -0.3 is 11.1 Å².